The van der Waals surface area contributed by atoms with E-state index in [1.807, 2.05) is 0 Å². The van der Waals surface area contributed by atoms with Gasteiger partial charge in [0, 0.05) is 6.54 Å². The van der Waals surface area contributed by atoms with Gasteiger partial charge in [-0.05, 0) is 44.6 Å². The minimum atomic E-state index is 0.251. The normalized spacial score (nSPS) is 35.3. The van der Waals surface area contributed by atoms with Crippen LogP contribution in [0.1, 0.15) is 51.4 Å². The zero-order valence-electron chi connectivity index (χ0n) is 11.5. The Morgan fingerprint density at radius 1 is 1.06 bits per heavy atom. The Bertz CT molecular complexity index is 257. The molecule has 3 aliphatic rings. The summed E-state index contributed by atoms with van der Waals surface area (Å²) in [5, 5.41) is 3.39. The van der Waals surface area contributed by atoms with Crippen molar-refractivity contribution in [2.75, 3.05) is 26.3 Å². The molecule has 0 amide bonds. The lowest BCUT2D eigenvalue weighted by Gasteiger charge is -2.33. The third kappa shape index (κ3) is 3.06. The van der Waals surface area contributed by atoms with Crippen molar-refractivity contribution < 1.29 is 9.47 Å². The molecule has 0 radical (unpaired) electrons. The van der Waals surface area contributed by atoms with Gasteiger partial charge in [0.2, 0.25) is 0 Å². The summed E-state index contributed by atoms with van der Waals surface area (Å²) in [4.78, 5) is 0. The van der Waals surface area contributed by atoms with Crippen LogP contribution < -0.4 is 5.32 Å². The Kier molecular flexibility index (Phi) is 4.22. The first-order chi connectivity index (χ1) is 8.86. The average Bonchev–Trinajstić information content (AvgIpc) is 3.02. The highest BCUT2D eigenvalue weighted by molar-refractivity contribution is 4.91. The molecule has 1 spiro atoms. The number of nitrogens with one attached hydrogen (secondary N) is 1. The van der Waals surface area contributed by atoms with E-state index < -0.39 is 0 Å². The molecule has 18 heavy (non-hydrogen) atoms. The molecule has 2 heterocycles. The molecule has 3 rings (SSSR count). The van der Waals surface area contributed by atoms with Gasteiger partial charge in [0.25, 0.3) is 0 Å². The number of hydrogen-bond acceptors (Lipinski definition) is 3. The molecule has 1 aliphatic carbocycles. The lowest BCUT2D eigenvalue weighted by molar-refractivity contribution is -0.0900. The summed E-state index contributed by atoms with van der Waals surface area (Å²) in [5.74, 6) is 0.732. The van der Waals surface area contributed by atoms with Gasteiger partial charge in [0.15, 0.2) is 0 Å². The molecule has 3 nitrogen and oxygen atoms in total. The summed E-state index contributed by atoms with van der Waals surface area (Å²) in [6.07, 6.45) is 10.8. The Morgan fingerprint density at radius 3 is 2.72 bits per heavy atom. The van der Waals surface area contributed by atoms with Crippen LogP contribution in [0.15, 0.2) is 0 Å². The molecule has 2 unspecified atom stereocenters. The Hall–Kier alpha value is -0.120. The van der Waals surface area contributed by atoms with Crippen molar-refractivity contribution in [1.29, 1.82) is 0 Å². The smallest absolute Gasteiger partial charge is 0.0817 e. The standard InChI is InChI=1S/C15H27NO2/c1-2-6-15(7-3-1)8-4-14(18-15)12-17-11-13-5-9-16-10-13/h13-14,16H,1-12H2. The number of hydrogen-bond donors (Lipinski definition) is 1. The van der Waals surface area contributed by atoms with E-state index in [0.717, 1.165) is 32.2 Å². The fourth-order valence-electron chi connectivity index (χ4n) is 3.80. The molecule has 1 N–H and O–H groups in total. The van der Waals surface area contributed by atoms with Crippen molar-refractivity contribution in [3.05, 3.63) is 0 Å². The van der Waals surface area contributed by atoms with E-state index in [1.54, 1.807) is 0 Å². The Balaban J connectivity index is 1.36. The van der Waals surface area contributed by atoms with Gasteiger partial charge in [-0.2, -0.15) is 0 Å². The van der Waals surface area contributed by atoms with Gasteiger partial charge in [-0.1, -0.05) is 19.3 Å². The van der Waals surface area contributed by atoms with Gasteiger partial charge in [-0.25, -0.2) is 0 Å². The first-order valence-corrected chi connectivity index (χ1v) is 7.83. The Labute approximate surface area is 111 Å². The summed E-state index contributed by atoms with van der Waals surface area (Å²) in [6, 6.07) is 0. The van der Waals surface area contributed by atoms with Gasteiger partial charge in [-0.15, -0.1) is 0 Å². The third-order valence-corrected chi connectivity index (χ3v) is 4.92. The van der Waals surface area contributed by atoms with Crippen molar-refractivity contribution in [3.63, 3.8) is 0 Å². The summed E-state index contributed by atoms with van der Waals surface area (Å²) in [7, 11) is 0. The molecule has 3 fully saturated rings. The van der Waals surface area contributed by atoms with Crippen LogP contribution in [0.25, 0.3) is 0 Å². The highest BCUT2D eigenvalue weighted by Crippen LogP contribution is 2.41. The van der Waals surface area contributed by atoms with E-state index in [4.69, 9.17) is 9.47 Å². The van der Waals surface area contributed by atoms with Crippen LogP contribution in [0.4, 0.5) is 0 Å². The number of rotatable bonds is 4. The molecule has 2 atom stereocenters. The van der Waals surface area contributed by atoms with Crippen LogP contribution >= 0.6 is 0 Å². The van der Waals surface area contributed by atoms with Crippen LogP contribution in [0, 0.1) is 5.92 Å². The molecule has 3 heteroatoms. The van der Waals surface area contributed by atoms with E-state index in [1.165, 1.54) is 51.4 Å². The maximum atomic E-state index is 6.31. The SMILES string of the molecule is C1CCC2(CC1)CCC(COCC1CCNC1)O2. The molecule has 1 saturated carbocycles. The van der Waals surface area contributed by atoms with Crippen LogP contribution in [-0.2, 0) is 9.47 Å². The molecule has 0 aromatic heterocycles. The molecular weight excluding hydrogens is 226 g/mol. The number of ether oxygens (including phenoxy) is 2. The molecule has 0 aromatic carbocycles. The van der Waals surface area contributed by atoms with Crippen LogP contribution in [0.5, 0.6) is 0 Å². The van der Waals surface area contributed by atoms with E-state index >= 15 is 0 Å². The van der Waals surface area contributed by atoms with Gasteiger partial charge < -0.3 is 14.8 Å². The minimum absolute atomic E-state index is 0.251. The average molecular weight is 253 g/mol. The summed E-state index contributed by atoms with van der Waals surface area (Å²) >= 11 is 0. The van der Waals surface area contributed by atoms with Gasteiger partial charge in [0.05, 0.1) is 24.9 Å². The van der Waals surface area contributed by atoms with E-state index in [9.17, 15) is 0 Å². The molecule has 2 saturated heterocycles. The summed E-state index contributed by atoms with van der Waals surface area (Å²) in [6.45, 7) is 4.03. The quantitative estimate of drug-likeness (QED) is 0.835. The third-order valence-electron chi connectivity index (χ3n) is 4.92. The lowest BCUT2D eigenvalue weighted by atomic mass is 9.83. The maximum Gasteiger partial charge on any atom is 0.0817 e. The fraction of sp³-hybridized carbons (Fsp3) is 1.00. The largest absolute Gasteiger partial charge is 0.378 e. The van der Waals surface area contributed by atoms with Crippen molar-refractivity contribution in [3.8, 4) is 0 Å². The monoisotopic (exact) mass is 253 g/mol. The van der Waals surface area contributed by atoms with E-state index in [-0.39, 0.29) is 5.60 Å². The molecule has 0 bridgehead atoms. The summed E-state index contributed by atoms with van der Waals surface area (Å²) < 4.78 is 12.2. The second kappa shape index (κ2) is 5.89. The van der Waals surface area contributed by atoms with Crippen LogP contribution in [0.3, 0.4) is 0 Å². The zero-order chi connectivity index (χ0) is 12.3. The highest BCUT2D eigenvalue weighted by atomic mass is 16.6. The topological polar surface area (TPSA) is 30.5 Å². The molecule has 104 valence electrons. The van der Waals surface area contributed by atoms with Gasteiger partial charge >= 0.3 is 0 Å². The predicted octanol–water partition coefficient (Wildman–Crippen LogP) is 2.49. The van der Waals surface area contributed by atoms with Crippen molar-refractivity contribution in [2.24, 2.45) is 5.92 Å². The molecular formula is C15H27NO2. The van der Waals surface area contributed by atoms with Crippen LogP contribution in [-0.4, -0.2) is 38.0 Å². The molecule has 2 aliphatic heterocycles. The Morgan fingerprint density at radius 2 is 1.94 bits per heavy atom. The van der Waals surface area contributed by atoms with Crippen molar-refractivity contribution in [2.45, 2.75) is 63.1 Å². The molecule has 0 aromatic rings. The predicted molar refractivity (Wildman–Crippen MR) is 71.7 cm³/mol. The maximum absolute atomic E-state index is 6.31. The zero-order valence-corrected chi connectivity index (χ0v) is 11.5. The van der Waals surface area contributed by atoms with Crippen LogP contribution in [0.2, 0.25) is 0 Å². The first-order valence-electron chi connectivity index (χ1n) is 7.83. The lowest BCUT2D eigenvalue weighted by Crippen LogP contribution is -2.32. The van der Waals surface area contributed by atoms with Crippen molar-refractivity contribution in [1.82, 2.24) is 5.32 Å². The second-order valence-corrected chi connectivity index (χ2v) is 6.42. The first kappa shape index (κ1) is 12.9. The van der Waals surface area contributed by atoms with Gasteiger partial charge in [0.1, 0.15) is 0 Å². The minimum Gasteiger partial charge on any atom is -0.378 e. The van der Waals surface area contributed by atoms with E-state index in [2.05, 4.69) is 5.32 Å². The summed E-state index contributed by atoms with van der Waals surface area (Å²) in [5.41, 5.74) is 0.251. The fourth-order valence-corrected chi connectivity index (χ4v) is 3.80. The second-order valence-electron chi connectivity index (χ2n) is 6.42. The van der Waals surface area contributed by atoms with Gasteiger partial charge in [-0.3, -0.25) is 0 Å². The van der Waals surface area contributed by atoms with Crippen molar-refractivity contribution >= 4 is 0 Å². The van der Waals surface area contributed by atoms with E-state index in [0.29, 0.717) is 6.10 Å². The highest BCUT2D eigenvalue weighted by Gasteiger charge is 2.40.